The largest absolute Gasteiger partial charge is 0.349 e. The molecule has 2 aromatic carbocycles. The average Bonchev–Trinajstić information content (AvgIpc) is 2.51. The molecule has 0 aliphatic rings. The van der Waals surface area contributed by atoms with E-state index in [1.807, 2.05) is 0 Å². The van der Waals surface area contributed by atoms with Gasteiger partial charge in [0, 0.05) is 24.3 Å². The van der Waals surface area contributed by atoms with Crippen molar-refractivity contribution in [1.82, 2.24) is 4.57 Å². The highest BCUT2D eigenvalue weighted by molar-refractivity contribution is 7.92. The first-order valence-electron chi connectivity index (χ1n) is 6.65. The number of sulfonamides is 1. The molecule has 0 aliphatic carbocycles. The number of rotatable bonds is 3. The van der Waals surface area contributed by atoms with E-state index in [2.05, 4.69) is 4.72 Å². The summed E-state index contributed by atoms with van der Waals surface area (Å²) in [5.41, 5.74) is 0.598. The fourth-order valence-electron chi connectivity index (χ4n) is 2.32. The van der Waals surface area contributed by atoms with Crippen LogP contribution in [0.15, 0.2) is 70.5 Å². The Kier molecular flexibility index (Phi) is 3.46. The number of aromatic nitrogens is 1. The Labute approximate surface area is 127 Å². The summed E-state index contributed by atoms with van der Waals surface area (Å²) in [7, 11) is -2.23. The summed E-state index contributed by atoms with van der Waals surface area (Å²) in [5, 5.41) is 0.376. The zero-order valence-corrected chi connectivity index (χ0v) is 12.7. The maximum absolute atomic E-state index is 12.5. The highest BCUT2D eigenvalue weighted by Crippen LogP contribution is 2.16. The molecule has 1 heterocycles. The van der Waals surface area contributed by atoms with Crippen LogP contribution in [0.5, 0.6) is 0 Å². The number of benzene rings is 2. The quantitative estimate of drug-likeness (QED) is 0.807. The molecule has 1 aromatic heterocycles. The van der Waals surface area contributed by atoms with Gasteiger partial charge in [-0.15, -0.1) is 0 Å². The van der Waals surface area contributed by atoms with Gasteiger partial charge in [0.15, 0.2) is 4.90 Å². The smallest absolute Gasteiger partial charge is 0.267 e. The van der Waals surface area contributed by atoms with Crippen LogP contribution >= 0.6 is 0 Å². The fraction of sp³-hybridized carbons (Fsp3) is 0.0625. The fourth-order valence-corrected chi connectivity index (χ4v) is 3.52. The molecule has 0 bridgehead atoms. The molecule has 0 amide bonds. The summed E-state index contributed by atoms with van der Waals surface area (Å²) in [4.78, 5) is 12.2. The number of pyridine rings is 1. The zero-order valence-electron chi connectivity index (χ0n) is 11.9. The first-order chi connectivity index (χ1) is 10.5. The van der Waals surface area contributed by atoms with Crippen molar-refractivity contribution in [3.05, 3.63) is 71.0 Å². The minimum atomic E-state index is -3.94. The van der Waals surface area contributed by atoms with Crippen molar-refractivity contribution in [2.24, 2.45) is 7.05 Å². The normalized spacial score (nSPS) is 11.5. The van der Waals surface area contributed by atoms with Gasteiger partial charge in [0.1, 0.15) is 0 Å². The van der Waals surface area contributed by atoms with Crippen LogP contribution in [0.1, 0.15) is 0 Å². The Hall–Kier alpha value is -2.60. The molecule has 22 heavy (non-hydrogen) atoms. The van der Waals surface area contributed by atoms with Gasteiger partial charge in [-0.3, -0.25) is 9.52 Å². The number of fused-ring (bicyclic) bond motifs is 1. The third-order valence-electron chi connectivity index (χ3n) is 3.38. The van der Waals surface area contributed by atoms with Crippen LogP contribution in [0, 0.1) is 0 Å². The maximum Gasteiger partial charge on any atom is 0.267 e. The highest BCUT2D eigenvalue weighted by Gasteiger charge is 2.20. The summed E-state index contributed by atoms with van der Waals surface area (Å²) >= 11 is 0. The van der Waals surface area contributed by atoms with Crippen molar-refractivity contribution in [3.63, 3.8) is 0 Å². The van der Waals surface area contributed by atoms with Gasteiger partial charge in [-0.1, -0.05) is 30.3 Å². The van der Waals surface area contributed by atoms with E-state index in [-0.39, 0.29) is 4.90 Å². The van der Waals surface area contributed by atoms with Crippen LogP contribution in [-0.4, -0.2) is 13.0 Å². The molecule has 0 radical (unpaired) electrons. The summed E-state index contributed by atoms with van der Waals surface area (Å²) in [5.74, 6) is 0. The van der Waals surface area contributed by atoms with Crippen LogP contribution in [0.4, 0.5) is 5.69 Å². The van der Waals surface area contributed by atoms with E-state index in [0.717, 1.165) is 0 Å². The van der Waals surface area contributed by atoms with E-state index < -0.39 is 15.5 Å². The van der Waals surface area contributed by atoms with Crippen molar-refractivity contribution < 1.29 is 8.42 Å². The molecule has 3 rings (SSSR count). The molecule has 6 heteroatoms. The van der Waals surface area contributed by atoms with E-state index in [4.69, 9.17) is 0 Å². The number of aryl methyl sites for hydroxylation is 1. The molecule has 0 fully saturated rings. The van der Waals surface area contributed by atoms with Gasteiger partial charge < -0.3 is 4.57 Å². The first-order valence-corrected chi connectivity index (χ1v) is 8.13. The molecule has 0 unspecified atom stereocenters. The molecule has 0 aliphatic heterocycles. The predicted octanol–water partition coefficient (Wildman–Crippen LogP) is 2.34. The second-order valence-corrected chi connectivity index (χ2v) is 6.57. The third kappa shape index (κ3) is 2.48. The maximum atomic E-state index is 12.5. The Morgan fingerprint density at radius 3 is 2.32 bits per heavy atom. The lowest BCUT2D eigenvalue weighted by atomic mass is 10.2. The summed E-state index contributed by atoms with van der Waals surface area (Å²) in [6.45, 7) is 0. The van der Waals surface area contributed by atoms with Crippen molar-refractivity contribution in [2.75, 3.05) is 4.72 Å². The summed E-state index contributed by atoms with van der Waals surface area (Å²) < 4.78 is 29.0. The monoisotopic (exact) mass is 314 g/mol. The third-order valence-corrected chi connectivity index (χ3v) is 4.75. The zero-order chi connectivity index (χ0) is 15.7. The molecule has 5 nitrogen and oxygen atoms in total. The van der Waals surface area contributed by atoms with Crippen LogP contribution in [0.3, 0.4) is 0 Å². The van der Waals surface area contributed by atoms with Gasteiger partial charge in [0.05, 0.1) is 5.52 Å². The predicted molar refractivity (Wildman–Crippen MR) is 86.4 cm³/mol. The second-order valence-electron chi connectivity index (χ2n) is 4.92. The van der Waals surface area contributed by atoms with Gasteiger partial charge >= 0.3 is 0 Å². The van der Waals surface area contributed by atoms with E-state index in [0.29, 0.717) is 16.6 Å². The number of nitrogens with zero attached hydrogens (tertiary/aromatic N) is 1. The number of nitrogens with one attached hydrogen (secondary N) is 1. The van der Waals surface area contributed by atoms with E-state index in [9.17, 15) is 13.2 Å². The Morgan fingerprint density at radius 1 is 0.955 bits per heavy atom. The van der Waals surface area contributed by atoms with Crippen LogP contribution in [-0.2, 0) is 17.1 Å². The lowest BCUT2D eigenvalue weighted by Crippen LogP contribution is -2.23. The van der Waals surface area contributed by atoms with Gasteiger partial charge in [-0.2, -0.15) is 0 Å². The standard InChI is InChI=1S/C16H14N2O3S/c1-18-11-15(16(19)13-9-5-6-10-14(13)18)22(20,21)17-12-7-3-2-4-8-12/h2-11,17H,1H3. The first kappa shape index (κ1) is 14.3. The minimum absolute atomic E-state index is 0.266. The van der Waals surface area contributed by atoms with Crippen LogP contribution < -0.4 is 10.2 Å². The van der Waals surface area contributed by atoms with Gasteiger partial charge in [-0.05, 0) is 24.3 Å². The molecule has 0 saturated heterocycles. The van der Waals surface area contributed by atoms with Gasteiger partial charge in [-0.25, -0.2) is 8.42 Å². The lowest BCUT2D eigenvalue weighted by Gasteiger charge is -2.11. The molecule has 0 spiro atoms. The minimum Gasteiger partial charge on any atom is -0.349 e. The topological polar surface area (TPSA) is 68.2 Å². The molecular weight excluding hydrogens is 300 g/mol. The molecule has 1 N–H and O–H groups in total. The molecule has 112 valence electrons. The second kappa shape index (κ2) is 5.31. The lowest BCUT2D eigenvalue weighted by molar-refractivity contribution is 0.599. The van der Waals surface area contributed by atoms with Gasteiger partial charge in [0.2, 0.25) is 5.43 Å². The van der Waals surface area contributed by atoms with Gasteiger partial charge in [0.25, 0.3) is 10.0 Å². The Bertz CT molecular complexity index is 993. The molecular formula is C16H14N2O3S. The number of hydrogen-bond acceptors (Lipinski definition) is 3. The van der Waals surface area contributed by atoms with E-state index in [1.54, 1.807) is 66.2 Å². The number of hydrogen-bond donors (Lipinski definition) is 1. The van der Waals surface area contributed by atoms with Crippen molar-refractivity contribution >= 4 is 26.6 Å². The van der Waals surface area contributed by atoms with E-state index in [1.165, 1.54) is 6.20 Å². The molecule has 3 aromatic rings. The summed E-state index contributed by atoms with van der Waals surface area (Å²) in [6.07, 6.45) is 1.34. The average molecular weight is 314 g/mol. The number of para-hydroxylation sites is 2. The highest BCUT2D eigenvalue weighted by atomic mass is 32.2. The van der Waals surface area contributed by atoms with Crippen molar-refractivity contribution in [1.29, 1.82) is 0 Å². The van der Waals surface area contributed by atoms with Crippen LogP contribution in [0.25, 0.3) is 10.9 Å². The molecule has 0 saturated carbocycles. The van der Waals surface area contributed by atoms with Crippen molar-refractivity contribution in [3.8, 4) is 0 Å². The van der Waals surface area contributed by atoms with Crippen LogP contribution in [0.2, 0.25) is 0 Å². The van der Waals surface area contributed by atoms with E-state index >= 15 is 0 Å². The Morgan fingerprint density at radius 2 is 1.59 bits per heavy atom. The van der Waals surface area contributed by atoms with Crippen molar-refractivity contribution in [2.45, 2.75) is 4.90 Å². The Balaban J connectivity index is 2.18. The summed E-state index contributed by atoms with van der Waals surface area (Å²) in [6, 6.07) is 15.4. The molecule has 0 atom stereocenters. The SMILES string of the molecule is Cn1cc(S(=O)(=O)Nc2ccccc2)c(=O)c2ccccc21. The number of anilines is 1.